The van der Waals surface area contributed by atoms with Crippen LogP contribution in [0.2, 0.25) is 5.02 Å². The molecule has 1 aliphatic heterocycles. The van der Waals surface area contributed by atoms with Crippen molar-refractivity contribution in [2.24, 2.45) is 17.8 Å². The summed E-state index contributed by atoms with van der Waals surface area (Å²) in [6.45, 7) is 5.29. The molecule has 7 rings (SSSR count). The third-order valence-corrected chi connectivity index (χ3v) is 8.78. The van der Waals surface area contributed by atoms with Crippen LogP contribution in [-0.2, 0) is 0 Å². The normalized spacial score (nSPS) is 32.6. The highest BCUT2D eigenvalue weighted by atomic mass is 35.5. The summed E-state index contributed by atoms with van der Waals surface area (Å²) < 4.78 is 5.44. The molecule has 0 spiro atoms. The number of hydrogen-bond donors (Lipinski definition) is 0. The van der Waals surface area contributed by atoms with Crippen LogP contribution in [0.25, 0.3) is 11.1 Å². The SMILES string of the molecule is Cc1onc(C(=O)N2CCN(C34CC5CC(CC(C5)C3)C4)CC2)c1-c1ccccc1Cl. The van der Waals surface area contributed by atoms with Crippen LogP contribution in [0, 0.1) is 24.7 Å². The highest BCUT2D eigenvalue weighted by molar-refractivity contribution is 6.33. The molecular formula is C25H30ClN3O2. The van der Waals surface area contributed by atoms with E-state index in [2.05, 4.69) is 10.1 Å². The Labute approximate surface area is 188 Å². The molecule has 0 unspecified atom stereocenters. The quantitative estimate of drug-likeness (QED) is 0.673. The van der Waals surface area contributed by atoms with Crippen LogP contribution in [0.5, 0.6) is 0 Å². The van der Waals surface area contributed by atoms with Crippen LogP contribution >= 0.6 is 11.6 Å². The highest BCUT2D eigenvalue weighted by Crippen LogP contribution is 2.57. The molecule has 164 valence electrons. The lowest BCUT2D eigenvalue weighted by molar-refractivity contribution is -0.0987. The molecule has 4 saturated carbocycles. The van der Waals surface area contributed by atoms with Crippen molar-refractivity contribution in [1.29, 1.82) is 0 Å². The summed E-state index contributed by atoms with van der Waals surface area (Å²) in [5, 5.41) is 4.75. The van der Waals surface area contributed by atoms with E-state index in [1.807, 2.05) is 36.1 Å². The molecule has 4 bridgehead atoms. The maximum Gasteiger partial charge on any atom is 0.276 e. The van der Waals surface area contributed by atoms with E-state index in [4.69, 9.17) is 16.1 Å². The second kappa shape index (κ2) is 7.35. The van der Waals surface area contributed by atoms with E-state index < -0.39 is 0 Å². The maximum atomic E-state index is 13.4. The number of aryl methyl sites for hydroxylation is 1. The molecule has 2 heterocycles. The maximum absolute atomic E-state index is 13.4. The fraction of sp³-hybridized carbons (Fsp3) is 0.600. The van der Waals surface area contributed by atoms with E-state index in [0.29, 0.717) is 22.0 Å². The van der Waals surface area contributed by atoms with Crippen LogP contribution in [0.1, 0.15) is 54.8 Å². The van der Waals surface area contributed by atoms with Crippen molar-refractivity contribution in [3.63, 3.8) is 0 Å². The molecule has 0 N–H and O–H groups in total. The first-order chi connectivity index (χ1) is 15.0. The molecule has 4 aliphatic carbocycles. The van der Waals surface area contributed by atoms with Gasteiger partial charge < -0.3 is 9.42 Å². The minimum absolute atomic E-state index is 0.0445. The summed E-state index contributed by atoms with van der Waals surface area (Å²) in [6.07, 6.45) is 8.54. The number of amides is 1. The second-order valence-electron chi connectivity index (χ2n) is 10.4. The lowest BCUT2D eigenvalue weighted by Gasteiger charge is -2.61. The van der Waals surface area contributed by atoms with E-state index >= 15 is 0 Å². The van der Waals surface area contributed by atoms with E-state index in [1.54, 1.807) is 0 Å². The average molecular weight is 440 g/mol. The van der Waals surface area contributed by atoms with E-state index in [1.165, 1.54) is 38.5 Å². The molecule has 31 heavy (non-hydrogen) atoms. The molecule has 0 atom stereocenters. The Bertz CT molecular complexity index is 973. The number of aromatic nitrogens is 1. The second-order valence-corrected chi connectivity index (χ2v) is 10.8. The van der Waals surface area contributed by atoms with Gasteiger partial charge in [0.15, 0.2) is 5.69 Å². The van der Waals surface area contributed by atoms with Gasteiger partial charge in [0, 0.05) is 42.3 Å². The zero-order chi connectivity index (χ0) is 21.2. The van der Waals surface area contributed by atoms with Crippen molar-refractivity contribution in [3.8, 4) is 11.1 Å². The predicted octanol–water partition coefficient (Wildman–Crippen LogP) is 5.03. The van der Waals surface area contributed by atoms with Crippen molar-refractivity contribution in [2.45, 2.75) is 51.0 Å². The number of benzene rings is 1. The molecule has 1 aromatic heterocycles. The van der Waals surface area contributed by atoms with Gasteiger partial charge in [0.25, 0.3) is 5.91 Å². The number of piperazine rings is 1. The summed E-state index contributed by atoms with van der Waals surface area (Å²) >= 11 is 6.42. The fourth-order valence-corrected chi connectivity index (χ4v) is 7.72. The van der Waals surface area contributed by atoms with Crippen molar-refractivity contribution >= 4 is 17.5 Å². The molecule has 1 aromatic carbocycles. The molecule has 5 fully saturated rings. The summed E-state index contributed by atoms with van der Waals surface area (Å²) in [5.41, 5.74) is 2.32. The lowest BCUT2D eigenvalue weighted by Crippen LogP contribution is -2.64. The number of halogens is 1. The molecule has 1 amide bonds. The van der Waals surface area contributed by atoms with Gasteiger partial charge in [-0.2, -0.15) is 0 Å². The summed E-state index contributed by atoms with van der Waals surface area (Å²) in [7, 11) is 0. The van der Waals surface area contributed by atoms with E-state index in [-0.39, 0.29) is 5.91 Å². The first-order valence-corrected chi connectivity index (χ1v) is 12.2. The molecule has 1 saturated heterocycles. The Morgan fingerprint density at radius 1 is 1.03 bits per heavy atom. The van der Waals surface area contributed by atoms with Crippen LogP contribution in [-0.4, -0.2) is 52.6 Å². The molecule has 6 heteroatoms. The summed E-state index contributed by atoms with van der Waals surface area (Å²) in [4.78, 5) is 18.1. The number of carbonyl (C=O) groups is 1. The third-order valence-electron chi connectivity index (χ3n) is 8.45. The van der Waals surface area contributed by atoms with Crippen LogP contribution in [0.15, 0.2) is 28.8 Å². The third kappa shape index (κ3) is 3.23. The first-order valence-electron chi connectivity index (χ1n) is 11.8. The van der Waals surface area contributed by atoms with Crippen LogP contribution < -0.4 is 0 Å². The van der Waals surface area contributed by atoms with Gasteiger partial charge in [-0.05, 0) is 69.3 Å². The van der Waals surface area contributed by atoms with Crippen molar-refractivity contribution in [1.82, 2.24) is 15.0 Å². The average Bonchev–Trinajstić information content (AvgIpc) is 3.14. The molecule has 5 aliphatic rings. The summed E-state index contributed by atoms with van der Waals surface area (Å²) in [5.74, 6) is 3.42. The zero-order valence-electron chi connectivity index (χ0n) is 18.1. The highest BCUT2D eigenvalue weighted by Gasteiger charge is 2.53. The van der Waals surface area contributed by atoms with Gasteiger partial charge in [-0.15, -0.1) is 0 Å². The van der Waals surface area contributed by atoms with Crippen LogP contribution in [0.3, 0.4) is 0 Å². The predicted molar refractivity (Wildman–Crippen MR) is 120 cm³/mol. The topological polar surface area (TPSA) is 49.6 Å². The minimum Gasteiger partial charge on any atom is -0.360 e. The van der Waals surface area contributed by atoms with Gasteiger partial charge >= 0.3 is 0 Å². The molecule has 2 aromatic rings. The lowest BCUT2D eigenvalue weighted by atomic mass is 9.52. The van der Waals surface area contributed by atoms with Crippen molar-refractivity contribution in [2.75, 3.05) is 26.2 Å². The van der Waals surface area contributed by atoms with Gasteiger partial charge in [-0.1, -0.05) is 35.0 Å². The number of rotatable bonds is 3. The standard InChI is InChI=1S/C25H30ClN3O2/c1-16-22(20-4-2-3-5-21(20)26)23(27-31-16)24(30)28-6-8-29(9-7-28)25-13-17-10-18(14-25)12-19(11-17)15-25/h2-5,17-19H,6-15H2,1H3. The van der Waals surface area contributed by atoms with Gasteiger partial charge in [0.2, 0.25) is 0 Å². The number of nitrogens with zero attached hydrogens (tertiary/aromatic N) is 3. The summed E-state index contributed by atoms with van der Waals surface area (Å²) in [6, 6.07) is 7.57. The zero-order valence-corrected chi connectivity index (χ0v) is 18.9. The Morgan fingerprint density at radius 3 is 2.26 bits per heavy atom. The van der Waals surface area contributed by atoms with Crippen LogP contribution in [0.4, 0.5) is 0 Å². The smallest absolute Gasteiger partial charge is 0.276 e. The Morgan fingerprint density at radius 2 is 1.65 bits per heavy atom. The molecule has 0 radical (unpaired) electrons. The Hall–Kier alpha value is -1.85. The first kappa shape index (κ1) is 19.8. The minimum atomic E-state index is -0.0445. The van der Waals surface area contributed by atoms with Gasteiger partial charge in [0.1, 0.15) is 5.76 Å². The van der Waals surface area contributed by atoms with Crippen molar-refractivity contribution < 1.29 is 9.32 Å². The van der Waals surface area contributed by atoms with E-state index in [0.717, 1.165) is 55.1 Å². The van der Waals surface area contributed by atoms with Crippen molar-refractivity contribution in [3.05, 3.63) is 40.7 Å². The van der Waals surface area contributed by atoms with Gasteiger partial charge in [-0.3, -0.25) is 9.69 Å². The monoisotopic (exact) mass is 439 g/mol. The van der Waals surface area contributed by atoms with Gasteiger partial charge in [0.05, 0.1) is 5.56 Å². The molecular weight excluding hydrogens is 410 g/mol. The van der Waals surface area contributed by atoms with E-state index in [9.17, 15) is 4.79 Å². The Kier molecular flexibility index (Phi) is 4.69. The molecule has 5 nitrogen and oxygen atoms in total. The van der Waals surface area contributed by atoms with Gasteiger partial charge in [-0.25, -0.2) is 0 Å². The number of hydrogen-bond acceptors (Lipinski definition) is 4. The Balaban J connectivity index is 1.19. The fourth-order valence-electron chi connectivity index (χ4n) is 7.49. The largest absolute Gasteiger partial charge is 0.360 e. The number of carbonyl (C=O) groups excluding carboxylic acids is 1.